The highest BCUT2D eigenvalue weighted by atomic mass is 19.1. The summed E-state index contributed by atoms with van der Waals surface area (Å²) >= 11 is 0. The summed E-state index contributed by atoms with van der Waals surface area (Å²) in [7, 11) is 1.19. The van der Waals surface area contributed by atoms with E-state index in [1.165, 1.54) is 13.2 Å². The number of benzene rings is 1. The Morgan fingerprint density at radius 1 is 1.22 bits per heavy atom. The van der Waals surface area contributed by atoms with Gasteiger partial charge in [0.15, 0.2) is 23.2 Å². The molecule has 2 rings (SSSR count). The van der Waals surface area contributed by atoms with E-state index in [4.69, 9.17) is 0 Å². The maximum atomic E-state index is 14.0. The van der Waals surface area contributed by atoms with Crippen LogP contribution < -0.4 is 4.74 Å². The highest BCUT2D eigenvalue weighted by molar-refractivity contribution is 5.98. The maximum Gasteiger partial charge on any atom is 0.191 e. The molecule has 0 aromatic heterocycles. The molecular weight excluding hydrogens is 238 g/mol. The van der Waals surface area contributed by atoms with Gasteiger partial charge in [-0.2, -0.15) is 0 Å². The third-order valence-electron chi connectivity index (χ3n) is 3.49. The summed E-state index contributed by atoms with van der Waals surface area (Å²) in [6.45, 7) is 0. The minimum Gasteiger partial charge on any atom is -0.491 e. The lowest BCUT2D eigenvalue weighted by Crippen LogP contribution is -2.19. The lowest BCUT2D eigenvalue weighted by Gasteiger charge is -2.20. The fourth-order valence-electron chi connectivity index (χ4n) is 2.49. The first-order valence-electron chi connectivity index (χ1n) is 6.21. The Morgan fingerprint density at radius 2 is 1.89 bits per heavy atom. The Hall–Kier alpha value is -1.45. The van der Waals surface area contributed by atoms with Gasteiger partial charge in [-0.15, -0.1) is 0 Å². The van der Waals surface area contributed by atoms with Gasteiger partial charge in [-0.25, -0.2) is 8.78 Å². The predicted molar refractivity (Wildman–Crippen MR) is 63.8 cm³/mol. The third kappa shape index (κ3) is 2.37. The van der Waals surface area contributed by atoms with Crippen LogP contribution in [0.15, 0.2) is 12.1 Å². The minimum absolute atomic E-state index is 0.0554. The zero-order valence-electron chi connectivity index (χ0n) is 10.3. The first kappa shape index (κ1) is 13.0. The van der Waals surface area contributed by atoms with Crippen molar-refractivity contribution < 1.29 is 18.3 Å². The van der Waals surface area contributed by atoms with Gasteiger partial charge in [-0.1, -0.05) is 19.3 Å². The standard InChI is InChI=1S/C14H16F2O2/c1-18-14-11(15)8-7-10(12(14)16)13(17)9-5-3-2-4-6-9/h7-9H,2-6H2,1H3. The van der Waals surface area contributed by atoms with Gasteiger partial charge >= 0.3 is 0 Å². The van der Waals surface area contributed by atoms with Gasteiger partial charge in [0, 0.05) is 5.92 Å². The van der Waals surface area contributed by atoms with Crippen molar-refractivity contribution in [3.8, 4) is 5.75 Å². The predicted octanol–water partition coefficient (Wildman–Crippen LogP) is 3.74. The third-order valence-corrected chi connectivity index (χ3v) is 3.49. The summed E-state index contributed by atoms with van der Waals surface area (Å²) in [5, 5.41) is 0. The second-order valence-corrected chi connectivity index (χ2v) is 4.64. The van der Waals surface area contributed by atoms with Crippen LogP contribution in [0.1, 0.15) is 42.5 Å². The molecule has 1 aromatic rings. The largest absolute Gasteiger partial charge is 0.491 e. The zero-order valence-corrected chi connectivity index (χ0v) is 10.3. The zero-order chi connectivity index (χ0) is 13.1. The molecule has 18 heavy (non-hydrogen) atoms. The molecule has 0 spiro atoms. The SMILES string of the molecule is COc1c(F)ccc(C(=O)C2CCCCC2)c1F. The normalized spacial score (nSPS) is 16.6. The first-order chi connectivity index (χ1) is 8.65. The fourth-order valence-corrected chi connectivity index (χ4v) is 2.49. The fraction of sp³-hybridized carbons (Fsp3) is 0.500. The first-order valence-corrected chi connectivity index (χ1v) is 6.21. The summed E-state index contributed by atoms with van der Waals surface area (Å²) in [5.74, 6) is -2.51. The van der Waals surface area contributed by atoms with Gasteiger partial charge in [-0.05, 0) is 25.0 Å². The quantitative estimate of drug-likeness (QED) is 0.768. The van der Waals surface area contributed by atoms with Gasteiger partial charge in [0.25, 0.3) is 0 Å². The van der Waals surface area contributed by atoms with Crippen LogP contribution in [0.4, 0.5) is 8.78 Å². The molecule has 1 aliphatic rings. The maximum absolute atomic E-state index is 14.0. The van der Waals surface area contributed by atoms with Crippen LogP contribution in [0, 0.1) is 17.6 Å². The highest BCUT2D eigenvalue weighted by Crippen LogP contribution is 2.31. The number of rotatable bonds is 3. The molecule has 0 saturated heterocycles. The molecule has 1 aromatic carbocycles. The molecule has 1 fully saturated rings. The molecule has 0 radical (unpaired) electrons. The molecule has 98 valence electrons. The second kappa shape index (κ2) is 5.46. The van der Waals surface area contributed by atoms with Crippen LogP contribution in [0.2, 0.25) is 0 Å². The number of carbonyl (C=O) groups is 1. The van der Waals surface area contributed by atoms with Crippen LogP contribution in [-0.4, -0.2) is 12.9 Å². The highest BCUT2D eigenvalue weighted by Gasteiger charge is 2.26. The topological polar surface area (TPSA) is 26.3 Å². The number of ether oxygens (including phenoxy) is 1. The lowest BCUT2D eigenvalue weighted by molar-refractivity contribution is 0.0884. The summed E-state index contributed by atoms with van der Waals surface area (Å²) < 4.78 is 31.9. The minimum atomic E-state index is -0.881. The molecule has 1 saturated carbocycles. The van der Waals surface area contributed by atoms with Crippen molar-refractivity contribution in [2.75, 3.05) is 7.11 Å². The molecule has 2 nitrogen and oxygen atoms in total. The molecule has 0 N–H and O–H groups in total. The van der Waals surface area contributed by atoms with Crippen molar-refractivity contribution in [2.24, 2.45) is 5.92 Å². The van der Waals surface area contributed by atoms with Crippen molar-refractivity contribution >= 4 is 5.78 Å². The Bertz CT molecular complexity index is 451. The molecular formula is C14H16F2O2. The van der Waals surface area contributed by atoms with E-state index in [1.54, 1.807) is 0 Å². The van der Waals surface area contributed by atoms with Crippen LogP contribution in [0.5, 0.6) is 5.75 Å². The van der Waals surface area contributed by atoms with E-state index >= 15 is 0 Å². The van der Waals surface area contributed by atoms with Crippen molar-refractivity contribution in [1.82, 2.24) is 0 Å². The van der Waals surface area contributed by atoms with Crippen molar-refractivity contribution in [3.05, 3.63) is 29.3 Å². The average molecular weight is 254 g/mol. The van der Waals surface area contributed by atoms with Gasteiger partial charge in [-0.3, -0.25) is 4.79 Å². The molecule has 4 heteroatoms. The Morgan fingerprint density at radius 3 is 2.50 bits per heavy atom. The second-order valence-electron chi connectivity index (χ2n) is 4.64. The smallest absolute Gasteiger partial charge is 0.191 e. The monoisotopic (exact) mass is 254 g/mol. The molecule has 0 bridgehead atoms. The van der Waals surface area contributed by atoms with Crippen molar-refractivity contribution in [3.63, 3.8) is 0 Å². The summed E-state index contributed by atoms with van der Waals surface area (Å²) in [6.07, 6.45) is 4.70. The summed E-state index contributed by atoms with van der Waals surface area (Å²) in [5.41, 5.74) is -0.0554. The number of halogens is 2. The number of hydrogen-bond acceptors (Lipinski definition) is 2. The molecule has 0 aliphatic heterocycles. The van der Waals surface area contributed by atoms with Gasteiger partial charge in [0.2, 0.25) is 0 Å². The van der Waals surface area contributed by atoms with Crippen LogP contribution in [0.3, 0.4) is 0 Å². The number of hydrogen-bond donors (Lipinski definition) is 0. The number of methoxy groups -OCH3 is 1. The molecule has 0 unspecified atom stereocenters. The van der Waals surface area contributed by atoms with E-state index in [-0.39, 0.29) is 17.3 Å². The number of Topliss-reactive ketones (excluding diaryl/α,β-unsaturated/α-hetero) is 1. The number of ketones is 1. The molecule has 0 amide bonds. The lowest BCUT2D eigenvalue weighted by atomic mass is 9.83. The van der Waals surface area contributed by atoms with Gasteiger partial charge in [0.1, 0.15) is 0 Å². The van der Waals surface area contributed by atoms with Crippen molar-refractivity contribution in [1.29, 1.82) is 0 Å². The molecule has 0 heterocycles. The van der Waals surface area contributed by atoms with Crippen LogP contribution in [-0.2, 0) is 0 Å². The van der Waals surface area contributed by atoms with Gasteiger partial charge < -0.3 is 4.74 Å². The average Bonchev–Trinajstić information content (AvgIpc) is 2.40. The molecule has 0 atom stereocenters. The number of carbonyl (C=O) groups excluding carboxylic acids is 1. The Balaban J connectivity index is 2.30. The van der Waals surface area contributed by atoms with E-state index in [0.29, 0.717) is 0 Å². The summed E-state index contributed by atoms with van der Waals surface area (Å²) in [6, 6.07) is 2.29. The van der Waals surface area contributed by atoms with E-state index in [1.807, 2.05) is 0 Å². The van der Waals surface area contributed by atoms with E-state index in [0.717, 1.165) is 38.2 Å². The van der Waals surface area contributed by atoms with E-state index in [9.17, 15) is 13.6 Å². The van der Waals surface area contributed by atoms with Gasteiger partial charge in [0.05, 0.1) is 12.7 Å². The van der Waals surface area contributed by atoms with Crippen molar-refractivity contribution in [2.45, 2.75) is 32.1 Å². The van der Waals surface area contributed by atoms with Crippen LogP contribution >= 0.6 is 0 Å². The Labute approximate surface area is 105 Å². The van der Waals surface area contributed by atoms with E-state index < -0.39 is 17.4 Å². The summed E-state index contributed by atoms with van der Waals surface area (Å²) in [4.78, 5) is 12.2. The van der Waals surface area contributed by atoms with Crippen LogP contribution in [0.25, 0.3) is 0 Å². The molecule has 1 aliphatic carbocycles. The van der Waals surface area contributed by atoms with E-state index in [2.05, 4.69) is 4.74 Å². The Kier molecular flexibility index (Phi) is 3.94.